The number of benzene rings is 2. The fourth-order valence-corrected chi connectivity index (χ4v) is 6.40. The number of aromatic amines is 1. The molecule has 3 heterocycles. The van der Waals surface area contributed by atoms with E-state index in [0.29, 0.717) is 37.9 Å². The van der Waals surface area contributed by atoms with Crippen molar-refractivity contribution in [3.63, 3.8) is 0 Å². The summed E-state index contributed by atoms with van der Waals surface area (Å²) >= 11 is 7.39. The number of nitrogens with zero attached hydrogens (tertiary/aromatic N) is 2. The van der Waals surface area contributed by atoms with Gasteiger partial charge in [-0.2, -0.15) is 0 Å². The van der Waals surface area contributed by atoms with Crippen molar-refractivity contribution in [2.45, 2.75) is 37.0 Å². The molecule has 0 amide bonds. The Morgan fingerprint density at radius 2 is 1.85 bits per heavy atom. The number of aromatic nitrogens is 3. The first kappa shape index (κ1) is 26.9. The third kappa shape index (κ3) is 5.15. The zero-order valence-electron chi connectivity index (χ0n) is 21.2. The number of carbonyl (C=O) groups is 1. The van der Waals surface area contributed by atoms with Crippen LogP contribution >= 0.6 is 22.9 Å². The van der Waals surface area contributed by atoms with Gasteiger partial charge in [-0.05, 0) is 45.0 Å². The van der Waals surface area contributed by atoms with Crippen molar-refractivity contribution in [2.24, 2.45) is 0 Å². The molecule has 0 bridgehead atoms. The lowest BCUT2D eigenvalue weighted by atomic mass is 10.1. The second-order valence-electron chi connectivity index (χ2n) is 9.16. The molecule has 0 fully saturated rings. The quantitative estimate of drug-likeness (QED) is 0.197. The van der Waals surface area contributed by atoms with Crippen LogP contribution in [-0.2, 0) is 9.84 Å². The smallest absolute Gasteiger partial charge is 0.349 e. The standard InChI is InChI=1S/C28H24ClN3O5S2.H2/c1-15(2)39(35,36)18-10-8-17(9-11-18)22-14-31-27-25(32-22)20(13-30-27)24-12-23(26(38-24)28(33)34)37-16(3)19-6-4-5-7-21(19)29;/h4-16H,1-3H3,(H,30,31)(H,33,34);1H/t16-;/m1./s1. The monoisotopic (exact) mass is 583 g/mol. The largest absolute Gasteiger partial charge is 0.484 e. The number of aromatic carboxylic acids is 1. The summed E-state index contributed by atoms with van der Waals surface area (Å²) in [6, 6.07) is 15.5. The molecule has 11 heteroatoms. The average Bonchev–Trinajstić information content (AvgIpc) is 3.52. The second kappa shape index (κ2) is 10.4. The predicted octanol–water partition coefficient (Wildman–Crippen LogP) is 7.27. The molecule has 0 aliphatic heterocycles. The summed E-state index contributed by atoms with van der Waals surface area (Å²) in [5.41, 5.74) is 3.76. The summed E-state index contributed by atoms with van der Waals surface area (Å²) in [7, 11) is -3.39. The number of halogens is 1. The summed E-state index contributed by atoms with van der Waals surface area (Å²) in [5, 5.41) is 9.87. The van der Waals surface area contributed by atoms with Crippen molar-refractivity contribution >= 4 is 49.9 Å². The lowest BCUT2D eigenvalue weighted by molar-refractivity contribution is 0.0695. The normalized spacial score (nSPS) is 12.6. The molecule has 1 atom stereocenters. The Hall–Kier alpha value is -3.73. The number of rotatable bonds is 8. The minimum atomic E-state index is -3.39. The van der Waals surface area contributed by atoms with Crippen molar-refractivity contribution in [1.82, 2.24) is 15.0 Å². The number of hydrogen-bond donors (Lipinski definition) is 2. The molecule has 8 nitrogen and oxygen atoms in total. The molecule has 0 radical (unpaired) electrons. The maximum absolute atomic E-state index is 12.5. The van der Waals surface area contributed by atoms with E-state index in [0.717, 1.165) is 16.9 Å². The Morgan fingerprint density at radius 1 is 1.13 bits per heavy atom. The lowest BCUT2D eigenvalue weighted by Crippen LogP contribution is -2.13. The second-order valence-corrected chi connectivity index (χ2v) is 13.1. The van der Waals surface area contributed by atoms with Crippen LogP contribution in [0.5, 0.6) is 5.75 Å². The van der Waals surface area contributed by atoms with Gasteiger partial charge in [-0.1, -0.05) is 41.9 Å². The van der Waals surface area contributed by atoms with Gasteiger partial charge in [-0.25, -0.2) is 23.2 Å². The Labute approximate surface area is 235 Å². The summed E-state index contributed by atoms with van der Waals surface area (Å²) in [6.45, 7) is 5.10. The van der Waals surface area contributed by atoms with Crippen LogP contribution in [0.2, 0.25) is 5.02 Å². The molecule has 0 saturated carbocycles. The Balaban J connectivity index is 0.00000370. The number of H-pyrrole nitrogens is 1. The van der Waals surface area contributed by atoms with E-state index in [9.17, 15) is 18.3 Å². The van der Waals surface area contributed by atoms with Crippen LogP contribution in [0.1, 0.15) is 43.5 Å². The van der Waals surface area contributed by atoms with Crippen LogP contribution in [0.15, 0.2) is 71.9 Å². The van der Waals surface area contributed by atoms with Crippen molar-refractivity contribution in [1.29, 1.82) is 0 Å². The zero-order chi connectivity index (χ0) is 27.9. The summed E-state index contributed by atoms with van der Waals surface area (Å²) in [4.78, 5) is 25.3. The van der Waals surface area contributed by atoms with Gasteiger partial charge in [0.15, 0.2) is 20.4 Å². The molecule has 0 aliphatic carbocycles. The molecular weight excluding hydrogens is 558 g/mol. The van der Waals surface area contributed by atoms with Gasteiger partial charge in [0, 0.05) is 34.2 Å². The van der Waals surface area contributed by atoms with Gasteiger partial charge < -0.3 is 14.8 Å². The highest BCUT2D eigenvalue weighted by atomic mass is 35.5. The summed E-state index contributed by atoms with van der Waals surface area (Å²) in [6.07, 6.45) is 2.85. The van der Waals surface area contributed by atoms with Gasteiger partial charge in [-0.3, -0.25) is 0 Å². The fourth-order valence-electron chi connectivity index (χ4n) is 4.11. The molecule has 0 saturated heterocycles. The minimum absolute atomic E-state index is 0. The molecular formula is C28H26ClN3O5S2. The lowest BCUT2D eigenvalue weighted by Gasteiger charge is -2.15. The first-order valence-corrected chi connectivity index (χ1v) is 14.8. The van der Waals surface area contributed by atoms with Gasteiger partial charge in [0.1, 0.15) is 17.4 Å². The van der Waals surface area contributed by atoms with Gasteiger partial charge in [0.2, 0.25) is 0 Å². The van der Waals surface area contributed by atoms with Crippen LogP contribution in [-0.4, -0.2) is 39.7 Å². The molecule has 2 aromatic carbocycles. The van der Waals surface area contributed by atoms with Crippen LogP contribution in [0, 0.1) is 0 Å². The van der Waals surface area contributed by atoms with Crippen LogP contribution in [0.3, 0.4) is 0 Å². The maximum Gasteiger partial charge on any atom is 0.349 e. The van der Waals surface area contributed by atoms with Gasteiger partial charge >= 0.3 is 5.97 Å². The first-order chi connectivity index (χ1) is 18.6. The third-order valence-electron chi connectivity index (χ3n) is 6.28. The molecule has 2 N–H and O–H groups in total. The predicted molar refractivity (Wildman–Crippen MR) is 155 cm³/mol. The van der Waals surface area contributed by atoms with E-state index < -0.39 is 27.2 Å². The molecule has 202 valence electrons. The van der Waals surface area contributed by atoms with Crippen molar-refractivity contribution in [3.8, 4) is 27.4 Å². The number of carboxylic acid groups (broad SMARTS) is 1. The molecule has 0 spiro atoms. The first-order valence-electron chi connectivity index (χ1n) is 12.0. The number of thiophene rings is 1. The highest BCUT2D eigenvalue weighted by Crippen LogP contribution is 2.41. The van der Waals surface area contributed by atoms with Gasteiger partial charge in [0.05, 0.1) is 22.0 Å². The Kier molecular flexibility index (Phi) is 7.19. The van der Waals surface area contributed by atoms with E-state index in [1.807, 2.05) is 25.1 Å². The van der Waals surface area contributed by atoms with E-state index in [2.05, 4.69) is 9.97 Å². The highest BCUT2D eigenvalue weighted by molar-refractivity contribution is 7.92. The van der Waals surface area contributed by atoms with E-state index in [1.54, 1.807) is 62.6 Å². The van der Waals surface area contributed by atoms with Crippen molar-refractivity contribution in [3.05, 3.63) is 82.5 Å². The summed E-state index contributed by atoms with van der Waals surface area (Å²) < 4.78 is 31.0. The molecule has 3 aromatic heterocycles. The number of fused-ring (bicyclic) bond motifs is 1. The molecule has 5 rings (SSSR count). The number of sulfone groups is 1. The van der Waals surface area contributed by atoms with E-state index in [-0.39, 0.29) is 16.9 Å². The maximum atomic E-state index is 12.5. The number of nitrogens with one attached hydrogen (secondary N) is 1. The van der Waals surface area contributed by atoms with Crippen molar-refractivity contribution in [2.75, 3.05) is 0 Å². The fraction of sp³-hybridized carbons (Fsp3) is 0.179. The molecule has 5 aromatic rings. The Bertz CT molecular complexity index is 1800. The average molecular weight is 584 g/mol. The molecule has 0 aliphatic rings. The van der Waals surface area contributed by atoms with Crippen molar-refractivity contribution < 1.29 is 24.5 Å². The zero-order valence-corrected chi connectivity index (χ0v) is 23.6. The Morgan fingerprint density at radius 3 is 2.51 bits per heavy atom. The van der Waals surface area contributed by atoms with E-state index >= 15 is 0 Å². The third-order valence-corrected chi connectivity index (χ3v) is 9.94. The molecule has 39 heavy (non-hydrogen) atoms. The van der Waals surface area contributed by atoms with Crippen LogP contribution in [0.4, 0.5) is 0 Å². The SMILES string of the molecule is CC(C)S(=O)(=O)c1ccc(-c2cnc3[nH]cc(-c4cc(O[C@H](C)c5ccccc5Cl)c(C(=O)O)s4)c3n2)cc1.[HH]. The molecule has 0 unspecified atom stereocenters. The van der Waals surface area contributed by atoms with Crippen LogP contribution in [0.25, 0.3) is 32.9 Å². The topological polar surface area (TPSA) is 122 Å². The number of ether oxygens (including phenoxy) is 1. The van der Waals surface area contributed by atoms with Gasteiger partial charge in [-0.15, -0.1) is 11.3 Å². The van der Waals surface area contributed by atoms with Gasteiger partial charge in [0.25, 0.3) is 0 Å². The van der Waals surface area contributed by atoms with E-state index in [4.69, 9.17) is 21.3 Å². The summed E-state index contributed by atoms with van der Waals surface area (Å²) in [5.74, 6) is -0.869. The minimum Gasteiger partial charge on any atom is -0.484 e. The number of carboxylic acids is 1. The number of hydrogen-bond acceptors (Lipinski definition) is 7. The highest BCUT2D eigenvalue weighted by Gasteiger charge is 2.23. The van der Waals surface area contributed by atoms with Crippen LogP contribution < -0.4 is 4.74 Å². The van der Waals surface area contributed by atoms with E-state index in [1.165, 1.54) is 0 Å².